The maximum absolute atomic E-state index is 17.0. The van der Waals surface area contributed by atoms with E-state index in [4.69, 9.17) is 33.2 Å². The number of imide groups is 1. The number of aromatic nitrogens is 2. The molecule has 3 aliphatic heterocycles. The average Bonchev–Trinajstić information content (AvgIpc) is 3.69. The van der Waals surface area contributed by atoms with Gasteiger partial charge >= 0.3 is 6.03 Å². The zero-order chi connectivity index (χ0) is 50.5. The number of nitrogens with one attached hydrogen (secondary N) is 4. The molecule has 0 spiro atoms. The van der Waals surface area contributed by atoms with E-state index in [1.807, 2.05) is 47.4 Å². The van der Waals surface area contributed by atoms with Crippen LogP contribution in [0.15, 0.2) is 91.5 Å². The van der Waals surface area contributed by atoms with Crippen LogP contribution in [0, 0.1) is 5.82 Å². The van der Waals surface area contributed by atoms with Gasteiger partial charge in [0.15, 0.2) is 5.82 Å². The van der Waals surface area contributed by atoms with E-state index in [-0.39, 0.29) is 71.5 Å². The first-order valence-electron chi connectivity index (χ1n) is 24.3. The normalized spacial score (nSPS) is 15.7. The SMILES string of the molecule is C=CC(=O)N1CCN(c2nc(NCCCCCCCCc3cc(Cl)cc(NC(=O)NCc4ccc5c(c4)CN(C4CCC(=O)NC4=O)C5=O)c3)nc3c(F)c(-c4cc(O)cc5ccccc45)c(Cl)cc23)CC1. The minimum Gasteiger partial charge on any atom is -0.508 e. The number of nitrogens with zero attached hydrogens (tertiary/aromatic N) is 5. The first-order valence-corrected chi connectivity index (χ1v) is 25.0. The molecule has 0 saturated carbocycles. The number of benzene rings is 5. The number of urea groups is 1. The van der Waals surface area contributed by atoms with Crippen LogP contribution in [-0.4, -0.2) is 93.3 Å². The number of fused-ring (bicyclic) bond motifs is 3. The molecule has 1 atom stereocenters. The fraction of sp³-hybridized carbons (Fsp3) is 0.315. The number of aryl methyl sites for hydroxylation is 1. The van der Waals surface area contributed by atoms with Crippen LogP contribution in [0.1, 0.15) is 78.4 Å². The fourth-order valence-electron chi connectivity index (χ4n) is 9.84. The highest BCUT2D eigenvalue weighted by Gasteiger charge is 2.39. The smallest absolute Gasteiger partial charge is 0.319 e. The number of hydrogen-bond donors (Lipinski definition) is 5. The van der Waals surface area contributed by atoms with Gasteiger partial charge in [-0.2, -0.15) is 4.98 Å². The second kappa shape index (κ2) is 22.0. The number of hydrogen-bond acceptors (Lipinski definition) is 10. The molecule has 4 heterocycles. The number of anilines is 3. The highest BCUT2D eigenvalue weighted by atomic mass is 35.5. The van der Waals surface area contributed by atoms with Crippen molar-refractivity contribution in [2.24, 2.45) is 0 Å². The third-order valence-corrected chi connectivity index (χ3v) is 14.0. The van der Waals surface area contributed by atoms with Gasteiger partial charge in [0.25, 0.3) is 5.91 Å². The molecule has 2 saturated heterocycles. The number of piperidine rings is 1. The van der Waals surface area contributed by atoms with Crippen molar-refractivity contribution in [1.82, 2.24) is 30.4 Å². The summed E-state index contributed by atoms with van der Waals surface area (Å²) in [5, 5.41) is 24.6. The van der Waals surface area contributed by atoms with E-state index in [2.05, 4.69) is 27.8 Å². The van der Waals surface area contributed by atoms with Crippen LogP contribution >= 0.6 is 23.2 Å². The molecule has 5 N–H and O–H groups in total. The Morgan fingerprint density at radius 3 is 2.43 bits per heavy atom. The van der Waals surface area contributed by atoms with E-state index < -0.39 is 23.8 Å². The summed E-state index contributed by atoms with van der Waals surface area (Å²) in [6.45, 7) is 6.48. The summed E-state index contributed by atoms with van der Waals surface area (Å²) in [7, 11) is 0. The third-order valence-electron chi connectivity index (χ3n) is 13.5. The second-order valence-electron chi connectivity index (χ2n) is 18.4. The molecule has 18 heteroatoms. The van der Waals surface area contributed by atoms with Gasteiger partial charge in [-0.05, 0) is 107 Å². The van der Waals surface area contributed by atoms with Crippen molar-refractivity contribution >= 4 is 92.0 Å². The quantitative estimate of drug-likeness (QED) is 0.0334. The van der Waals surface area contributed by atoms with Gasteiger partial charge in [-0.3, -0.25) is 24.5 Å². The molecule has 6 amide bonds. The predicted octanol–water partition coefficient (Wildman–Crippen LogP) is 9.51. The van der Waals surface area contributed by atoms with Crippen LogP contribution in [0.3, 0.4) is 0 Å². The number of rotatable bonds is 17. The van der Waals surface area contributed by atoms with Crippen molar-refractivity contribution in [3.05, 3.63) is 130 Å². The van der Waals surface area contributed by atoms with Crippen LogP contribution in [-0.2, 0) is 33.9 Å². The van der Waals surface area contributed by atoms with Crippen molar-refractivity contribution in [3.63, 3.8) is 0 Å². The maximum Gasteiger partial charge on any atom is 0.319 e. The molecule has 0 bridgehead atoms. The molecular formula is C54H54Cl2FN9O6. The standard InChI is InChI=1S/C54H54Cl2FN9O6/c1-2-46(69)64-19-21-65(22-20-64)50-42-29-43(56)47(41-28-38(67)26-34-12-8-9-13-39(34)41)48(57)49(42)62-53(63-50)58-18-10-6-4-3-5-7-11-32-24-36(55)27-37(25-32)60-54(72)59-30-33-14-15-40-35(23-33)31-66(52(40)71)44-16-17-45(68)61-51(44)70/h2,8-9,12-15,23-29,44,67H,1,3-7,10-11,16-22,30-31H2,(H,58,62,63)(H2,59,60,72)(H,61,68,70). The number of phenols is 1. The Hall–Kier alpha value is -7.30. The number of phenolic OH excluding ortho intramolecular Hbond substituents is 1. The van der Waals surface area contributed by atoms with Crippen molar-refractivity contribution in [3.8, 4) is 16.9 Å². The molecule has 5 aromatic carbocycles. The highest BCUT2D eigenvalue weighted by molar-refractivity contribution is 6.35. The molecule has 0 radical (unpaired) electrons. The number of unbranched alkanes of at least 4 members (excludes halogenated alkanes) is 5. The zero-order valence-corrected chi connectivity index (χ0v) is 41.1. The number of carbonyl (C=O) groups excluding carboxylic acids is 5. The van der Waals surface area contributed by atoms with Gasteiger partial charge in [-0.25, -0.2) is 14.2 Å². The Labute approximate surface area is 425 Å². The Morgan fingerprint density at radius 1 is 0.861 bits per heavy atom. The highest BCUT2D eigenvalue weighted by Crippen LogP contribution is 2.42. The van der Waals surface area contributed by atoms with Gasteiger partial charge in [0.2, 0.25) is 23.7 Å². The van der Waals surface area contributed by atoms with Gasteiger partial charge in [-0.1, -0.05) is 91.9 Å². The summed E-state index contributed by atoms with van der Waals surface area (Å²) < 4.78 is 17.0. The van der Waals surface area contributed by atoms with Gasteiger partial charge in [0, 0.05) is 79.5 Å². The molecule has 72 heavy (non-hydrogen) atoms. The Bertz CT molecular complexity index is 3130. The lowest BCUT2D eigenvalue weighted by molar-refractivity contribution is -0.137. The molecule has 1 aromatic heterocycles. The van der Waals surface area contributed by atoms with Crippen LogP contribution in [0.25, 0.3) is 32.8 Å². The van der Waals surface area contributed by atoms with E-state index in [1.54, 1.807) is 35.2 Å². The number of carbonyl (C=O) groups is 5. The van der Waals surface area contributed by atoms with Crippen LogP contribution in [0.2, 0.25) is 10.0 Å². The fourth-order valence-corrected chi connectivity index (χ4v) is 10.4. The zero-order valence-electron chi connectivity index (χ0n) is 39.5. The van der Waals surface area contributed by atoms with Crippen molar-refractivity contribution in [1.29, 1.82) is 0 Å². The van der Waals surface area contributed by atoms with E-state index in [0.717, 1.165) is 72.4 Å². The second-order valence-corrected chi connectivity index (χ2v) is 19.2. The molecule has 372 valence electrons. The maximum atomic E-state index is 17.0. The van der Waals surface area contributed by atoms with Gasteiger partial charge in [0.05, 0.1) is 5.02 Å². The van der Waals surface area contributed by atoms with Crippen LogP contribution in [0.5, 0.6) is 5.75 Å². The Kier molecular flexibility index (Phi) is 15.2. The lowest BCUT2D eigenvalue weighted by Crippen LogP contribution is -2.52. The molecule has 1 unspecified atom stereocenters. The molecule has 9 rings (SSSR count). The van der Waals surface area contributed by atoms with Crippen LogP contribution in [0.4, 0.5) is 26.6 Å². The average molecular weight is 1010 g/mol. The minimum absolute atomic E-state index is 0.0132. The molecule has 3 aliphatic rings. The molecule has 6 aromatic rings. The summed E-state index contributed by atoms with van der Waals surface area (Å²) in [5.41, 5.74) is 4.32. The van der Waals surface area contributed by atoms with E-state index in [1.165, 1.54) is 17.0 Å². The van der Waals surface area contributed by atoms with Crippen molar-refractivity contribution < 1.29 is 33.5 Å². The number of aromatic hydroxyl groups is 1. The monoisotopic (exact) mass is 1010 g/mol. The topological polar surface area (TPSA) is 189 Å². The van der Waals surface area contributed by atoms with Crippen molar-refractivity contribution in [2.45, 2.75) is 76.9 Å². The summed E-state index contributed by atoms with van der Waals surface area (Å²) in [5.74, 6) is -1.04. The summed E-state index contributed by atoms with van der Waals surface area (Å²) in [6.07, 6.45) is 8.32. The largest absolute Gasteiger partial charge is 0.508 e. The van der Waals surface area contributed by atoms with Gasteiger partial charge in [0.1, 0.15) is 23.1 Å². The molecular weight excluding hydrogens is 961 g/mol. The minimum atomic E-state index is -0.695. The van der Waals surface area contributed by atoms with Gasteiger partial charge < -0.3 is 35.8 Å². The summed E-state index contributed by atoms with van der Waals surface area (Å²) in [4.78, 5) is 77.2. The third kappa shape index (κ3) is 11.1. The predicted molar refractivity (Wildman–Crippen MR) is 278 cm³/mol. The lowest BCUT2D eigenvalue weighted by atomic mass is 9.96. The summed E-state index contributed by atoms with van der Waals surface area (Å²) in [6, 6.07) is 22.0. The van der Waals surface area contributed by atoms with E-state index in [9.17, 15) is 29.1 Å². The first kappa shape index (κ1) is 49.7. The number of amides is 6. The Balaban J connectivity index is 0.755. The van der Waals surface area contributed by atoms with E-state index in [0.29, 0.717) is 65.8 Å². The van der Waals surface area contributed by atoms with Gasteiger partial charge in [-0.15, -0.1) is 0 Å². The number of piperazine rings is 1. The lowest BCUT2D eigenvalue weighted by Gasteiger charge is -2.35. The van der Waals surface area contributed by atoms with Crippen LogP contribution < -0.4 is 26.2 Å². The van der Waals surface area contributed by atoms with Crippen molar-refractivity contribution in [2.75, 3.05) is 48.3 Å². The summed E-state index contributed by atoms with van der Waals surface area (Å²) >= 11 is 13.4. The first-order chi connectivity index (χ1) is 34.8. The molecule has 2 fully saturated rings. The molecule has 0 aliphatic carbocycles. The molecule has 15 nitrogen and oxygen atoms in total. The Morgan fingerprint density at radius 2 is 1.64 bits per heavy atom. The number of halogens is 3. The van der Waals surface area contributed by atoms with E-state index >= 15 is 4.39 Å².